The van der Waals surface area contributed by atoms with Crippen LogP contribution in [-0.4, -0.2) is 20.6 Å². The van der Waals surface area contributed by atoms with E-state index in [9.17, 15) is 9.90 Å². The number of unbranched alkanes of at least 4 members (excludes halogenated alkanes) is 2. The van der Waals surface area contributed by atoms with E-state index in [1.165, 1.54) is 0 Å². The van der Waals surface area contributed by atoms with Gasteiger partial charge in [0, 0.05) is 22.9 Å². The molecule has 3 rings (SSSR count). The molecule has 1 N–H and O–H groups in total. The van der Waals surface area contributed by atoms with Crippen molar-refractivity contribution in [2.45, 2.75) is 64.8 Å². The van der Waals surface area contributed by atoms with Crippen LogP contribution in [0.1, 0.15) is 74.5 Å². The molecule has 0 spiro atoms. The van der Waals surface area contributed by atoms with Gasteiger partial charge in [0.2, 0.25) is 0 Å². The van der Waals surface area contributed by atoms with Crippen LogP contribution in [-0.2, 0) is 17.8 Å². The molecule has 5 heteroatoms. The average molecular weight is 465 g/mol. The number of hydrogen-bond donors (Lipinski definition) is 1. The minimum atomic E-state index is -0.888. The first kappa shape index (κ1) is 24.8. The molecule has 0 aliphatic carbocycles. The smallest absolute Gasteiger partial charge is 0.332 e. The number of aliphatic carboxylic acids is 1. The van der Waals surface area contributed by atoms with Crippen LogP contribution in [0.15, 0.2) is 66.4 Å². The molecular weight excluding hydrogens is 432 g/mol. The van der Waals surface area contributed by atoms with E-state index in [1.807, 2.05) is 60.7 Å². The summed E-state index contributed by atoms with van der Waals surface area (Å²) in [5, 5.41) is 10.9. The lowest BCUT2D eigenvalue weighted by Gasteiger charge is -2.19. The first-order valence-corrected chi connectivity index (χ1v) is 12.2. The number of carboxylic acids is 1. The van der Waals surface area contributed by atoms with Crippen LogP contribution in [0.2, 0.25) is 5.02 Å². The lowest BCUT2D eigenvalue weighted by atomic mass is 9.86. The molecule has 1 aromatic heterocycles. The number of imidazole rings is 1. The number of aryl methyl sites for hydroxylation is 1. The van der Waals surface area contributed by atoms with E-state index >= 15 is 0 Å². The van der Waals surface area contributed by atoms with Gasteiger partial charge in [0.15, 0.2) is 0 Å². The molecule has 1 heterocycles. The number of carboxylic acid groups (broad SMARTS) is 1. The Morgan fingerprint density at radius 1 is 1.06 bits per heavy atom. The van der Waals surface area contributed by atoms with Crippen molar-refractivity contribution in [2.24, 2.45) is 0 Å². The Bertz CT molecular complexity index is 1070. The van der Waals surface area contributed by atoms with E-state index in [1.54, 1.807) is 6.20 Å². The highest BCUT2D eigenvalue weighted by Crippen LogP contribution is 2.32. The summed E-state index contributed by atoms with van der Waals surface area (Å²) in [6.07, 6.45) is 9.32. The first-order valence-electron chi connectivity index (χ1n) is 11.8. The van der Waals surface area contributed by atoms with Crippen LogP contribution >= 0.6 is 11.6 Å². The Hall–Kier alpha value is -2.85. The van der Waals surface area contributed by atoms with Crippen molar-refractivity contribution in [1.29, 1.82) is 0 Å². The van der Waals surface area contributed by atoms with Gasteiger partial charge in [-0.25, -0.2) is 9.78 Å². The molecule has 33 heavy (non-hydrogen) atoms. The van der Waals surface area contributed by atoms with E-state index in [4.69, 9.17) is 11.6 Å². The Morgan fingerprint density at radius 2 is 1.76 bits per heavy atom. The highest BCUT2D eigenvalue weighted by molar-refractivity contribution is 6.31. The highest BCUT2D eigenvalue weighted by atomic mass is 35.5. The molecule has 2 aromatic carbocycles. The molecule has 0 fully saturated rings. The standard InChI is InChI=1S/C28H33ClN2O2/c1-3-5-15-24(21-12-8-7-9-13-21)25(28(32)33)18-23-19-30-27(17-6-4-2)31(23)20-22-14-10-11-16-26(22)29/h7-14,16,18-19,24H,3-6,15,17,20H2,1-2H3,(H,32,33)/b25-18+. The second-order valence-corrected chi connectivity index (χ2v) is 8.80. The maximum atomic E-state index is 12.5. The molecule has 4 nitrogen and oxygen atoms in total. The Labute approximate surface area is 201 Å². The van der Waals surface area contributed by atoms with Crippen LogP contribution in [0.3, 0.4) is 0 Å². The quantitative estimate of drug-likeness (QED) is 0.284. The zero-order valence-corrected chi connectivity index (χ0v) is 20.3. The number of aromatic nitrogens is 2. The van der Waals surface area contributed by atoms with Crippen molar-refractivity contribution in [2.75, 3.05) is 0 Å². The number of nitrogens with zero attached hydrogens (tertiary/aromatic N) is 2. The Kier molecular flexibility index (Phi) is 9.32. The third kappa shape index (κ3) is 6.58. The SMILES string of the molecule is CCCCc1ncc(/C=C(/C(=O)O)C(CCCC)c2ccccc2)n1Cc1ccccc1Cl. The average Bonchev–Trinajstić information content (AvgIpc) is 3.20. The molecule has 1 unspecified atom stereocenters. The molecule has 0 aliphatic heterocycles. The molecule has 1 atom stereocenters. The summed E-state index contributed by atoms with van der Waals surface area (Å²) in [4.78, 5) is 17.1. The van der Waals surface area contributed by atoms with E-state index in [-0.39, 0.29) is 5.92 Å². The third-order valence-corrected chi connectivity index (χ3v) is 6.35. The van der Waals surface area contributed by atoms with Gasteiger partial charge in [-0.15, -0.1) is 0 Å². The van der Waals surface area contributed by atoms with Gasteiger partial charge in [0.25, 0.3) is 0 Å². The summed E-state index contributed by atoms with van der Waals surface area (Å²) in [6.45, 7) is 4.84. The van der Waals surface area contributed by atoms with E-state index in [2.05, 4.69) is 23.4 Å². The van der Waals surface area contributed by atoms with Crippen molar-refractivity contribution in [3.8, 4) is 0 Å². The first-order chi connectivity index (χ1) is 16.0. The van der Waals surface area contributed by atoms with Gasteiger partial charge in [0.05, 0.1) is 18.4 Å². The number of halogens is 1. The second kappa shape index (κ2) is 12.4. The van der Waals surface area contributed by atoms with Gasteiger partial charge >= 0.3 is 5.97 Å². The molecule has 0 amide bonds. The zero-order valence-electron chi connectivity index (χ0n) is 19.5. The zero-order chi connectivity index (χ0) is 23.6. The number of rotatable bonds is 12. The Morgan fingerprint density at radius 3 is 2.42 bits per heavy atom. The lowest BCUT2D eigenvalue weighted by Crippen LogP contribution is -2.13. The molecule has 0 saturated carbocycles. The minimum absolute atomic E-state index is 0.175. The van der Waals surface area contributed by atoms with Crippen LogP contribution in [0.5, 0.6) is 0 Å². The Balaban J connectivity index is 2.07. The van der Waals surface area contributed by atoms with Crippen LogP contribution < -0.4 is 0 Å². The van der Waals surface area contributed by atoms with Gasteiger partial charge in [-0.1, -0.05) is 93.2 Å². The van der Waals surface area contributed by atoms with Crippen LogP contribution in [0, 0.1) is 0 Å². The van der Waals surface area contributed by atoms with Gasteiger partial charge < -0.3 is 9.67 Å². The van der Waals surface area contributed by atoms with Crippen molar-refractivity contribution in [1.82, 2.24) is 9.55 Å². The molecule has 0 aliphatic rings. The molecule has 174 valence electrons. The third-order valence-electron chi connectivity index (χ3n) is 5.98. The fourth-order valence-corrected chi connectivity index (χ4v) is 4.32. The number of hydrogen-bond acceptors (Lipinski definition) is 2. The van der Waals surface area contributed by atoms with Gasteiger partial charge in [-0.2, -0.15) is 0 Å². The highest BCUT2D eigenvalue weighted by Gasteiger charge is 2.23. The number of benzene rings is 2. The maximum Gasteiger partial charge on any atom is 0.332 e. The normalized spacial score (nSPS) is 12.6. The fraction of sp³-hybridized carbons (Fsp3) is 0.357. The monoisotopic (exact) mass is 464 g/mol. The van der Waals surface area contributed by atoms with Gasteiger partial charge in [0.1, 0.15) is 5.82 Å². The van der Waals surface area contributed by atoms with Crippen molar-refractivity contribution >= 4 is 23.6 Å². The molecular formula is C28H33ClN2O2. The minimum Gasteiger partial charge on any atom is -0.478 e. The van der Waals surface area contributed by atoms with Crippen LogP contribution in [0.4, 0.5) is 0 Å². The summed E-state index contributed by atoms with van der Waals surface area (Å²) >= 11 is 6.45. The summed E-state index contributed by atoms with van der Waals surface area (Å²) in [5.74, 6) is -0.107. The van der Waals surface area contributed by atoms with E-state index < -0.39 is 5.97 Å². The van der Waals surface area contributed by atoms with E-state index in [0.717, 1.165) is 61.2 Å². The summed E-state index contributed by atoms with van der Waals surface area (Å²) < 4.78 is 2.11. The molecule has 0 bridgehead atoms. The predicted octanol–water partition coefficient (Wildman–Crippen LogP) is 7.37. The van der Waals surface area contributed by atoms with Crippen LogP contribution in [0.25, 0.3) is 6.08 Å². The summed E-state index contributed by atoms with van der Waals surface area (Å²) in [5.41, 5.74) is 3.22. The van der Waals surface area contributed by atoms with Crippen molar-refractivity contribution in [3.05, 3.63) is 94.0 Å². The topological polar surface area (TPSA) is 55.1 Å². The van der Waals surface area contributed by atoms with Crippen molar-refractivity contribution < 1.29 is 9.90 Å². The number of carbonyl (C=O) groups is 1. The lowest BCUT2D eigenvalue weighted by molar-refractivity contribution is -0.132. The van der Waals surface area contributed by atoms with E-state index in [0.29, 0.717) is 17.1 Å². The largest absolute Gasteiger partial charge is 0.478 e. The summed E-state index contributed by atoms with van der Waals surface area (Å²) in [6, 6.07) is 17.7. The van der Waals surface area contributed by atoms with Gasteiger partial charge in [-0.3, -0.25) is 0 Å². The van der Waals surface area contributed by atoms with Gasteiger partial charge in [-0.05, 0) is 36.1 Å². The maximum absolute atomic E-state index is 12.5. The van der Waals surface area contributed by atoms with Crippen molar-refractivity contribution in [3.63, 3.8) is 0 Å². The fourth-order valence-electron chi connectivity index (χ4n) is 4.12. The predicted molar refractivity (Wildman–Crippen MR) is 136 cm³/mol. The summed E-state index contributed by atoms with van der Waals surface area (Å²) in [7, 11) is 0. The molecule has 0 saturated heterocycles. The molecule has 3 aromatic rings. The molecule has 0 radical (unpaired) electrons. The second-order valence-electron chi connectivity index (χ2n) is 8.39.